The van der Waals surface area contributed by atoms with E-state index in [1.807, 2.05) is 30.6 Å². The average molecular weight is 274 g/mol. The van der Waals surface area contributed by atoms with Crippen molar-refractivity contribution in [2.45, 2.75) is 12.8 Å². The minimum atomic E-state index is 0. The molecule has 0 spiro atoms. The van der Waals surface area contributed by atoms with Gasteiger partial charge in [-0.1, -0.05) is 29.9 Å². The van der Waals surface area contributed by atoms with E-state index in [0.29, 0.717) is 0 Å². The molecule has 0 atom stereocenters. The van der Waals surface area contributed by atoms with E-state index in [2.05, 4.69) is 29.8 Å². The normalized spacial score (nSPS) is 12.1. The topological polar surface area (TPSA) is 15.8 Å². The summed E-state index contributed by atoms with van der Waals surface area (Å²) in [6.45, 7) is 3.66. The van der Waals surface area contributed by atoms with Gasteiger partial charge in [-0.05, 0) is 25.0 Å². The van der Waals surface area contributed by atoms with Crippen molar-refractivity contribution in [1.29, 1.82) is 0 Å². The van der Waals surface area contributed by atoms with Crippen LogP contribution in [0.5, 0.6) is 0 Å². The molecular weight excluding hydrogens is 259 g/mol. The maximum Gasteiger partial charge on any atom is 0.000496 e. The Morgan fingerprint density at radius 1 is 1.36 bits per heavy atom. The molecule has 76 valence electrons. The van der Waals surface area contributed by atoms with Gasteiger partial charge < -0.3 is 4.98 Å². The molecule has 14 heavy (non-hydrogen) atoms. The summed E-state index contributed by atoms with van der Waals surface area (Å²) in [6, 6.07) is 3.89. The van der Waals surface area contributed by atoms with E-state index in [9.17, 15) is 0 Å². The van der Waals surface area contributed by atoms with Crippen LogP contribution in [0.1, 0.15) is 12.8 Å². The Morgan fingerprint density at radius 3 is 2.43 bits per heavy atom. The van der Waals surface area contributed by atoms with Crippen molar-refractivity contribution in [3.63, 3.8) is 0 Å². The number of rotatable bonds is 2. The first-order chi connectivity index (χ1) is 6.43. The second-order valence-corrected chi connectivity index (χ2v) is 2.83. The number of nitrogens with one attached hydrogen (secondary N) is 1. The zero-order valence-electron chi connectivity index (χ0n) is 8.09. The molecule has 0 radical (unpaired) electrons. The van der Waals surface area contributed by atoms with Crippen LogP contribution in [0.15, 0.2) is 61.0 Å². The number of H-pyrrole nitrogens is 1. The van der Waals surface area contributed by atoms with E-state index in [1.54, 1.807) is 0 Å². The van der Waals surface area contributed by atoms with Crippen molar-refractivity contribution >= 4 is 0 Å². The van der Waals surface area contributed by atoms with Crippen molar-refractivity contribution < 1.29 is 19.5 Å². The van der Waals surface area contributed by atoms with Gasteiger partial charge in [0.15, 0.2) is 0 Å². The quantitative estimate of drug-likeness (QED) is 0.628. The molecule has 1 aliphatic rings. The molecule has 0 unspecified atom stereocenters. The molecule has 1 N–H and O–H groups in total. The second kappa shape index (κ2) is 8.71. The molecule has 0 bridgehead atoms. The summed E-state index contributed by atoms with van der Waals surface area (Å²) in [7, 11) is 0. The zero-order chi connectivity index (χ0) is 9.36. The molecule has 0 fully saturated rings. The summed E-state index contributed by atoms with van der Waals surface area (Å²) in [4.78, 5) is 2.86. The first-order valence-electron chi connectivity index (χ1n) is 4.46. The first-order valence-corrected chi connectivity index (χ1v) is 4.46. The van der Waals surface area contributed by atoms with Crippen LogP contribution in [0.2, 0.25) is 0 Å². The van der Waals surface area contributed by atoms with E-state index in [0.717, 1.165) is 12.8 Å². The van der Waals surface area contributed by atoms with Crippen LogP contribution in [0.3, 0.4) is 0 Å². The van der Waals surface area contributed by atoms with Crippen molar-refractivity contribution in [3.8, 4) is 0 Å². The first kappa shape index (κ1) is 13.1. The number of aromatic amines is 1. The largest absolute Gasteiger partial charge is 0.368 e. The molecule has 2 rings (SSSR count). The summed E-state index contributed by atoms with van der Waals surface area (Å²) in [5, 5.41) is 0. The van der Waals surface area contributed by atoms with Gasteiger partial charge in [-0.2, -0.15) is 0 Å². The molecular formula is C12H15NRu. The molecule has 0 amide bonds. The van der Waals surface area contributed by atoms with Gasteiger partial charge in [-0.25, -0.2) is 0 Å². The number of hydrogen-bond acceptors (Lipinski definition) is 0. The van der Waals surface area contributed by atoms with E-state index < -0.39 is 0 Å². The summed E-state index contributed by atoms with van der Waals surface area (Å²) < 4.78 is 0. The fourth-order valence-electron chi connectivity index (χ4n) is 1.11. The fraction of sp³-hybridized carbons (Fsp3) is 0.167. The molecule has 1 nitrogen and oxygen atoms in total. The predicted octanol–water partition coefficient (Wildman–Crippen LogP) is 3.46. The third-order valence-electron chi connectivity index (χ3n) is 1.75. The third-order valence-corrected chi connectivity index (χ3v) is 1.75. The Bertz CT molecular complexity index is 266. The van der Waals surface area contributed by atoms with Crippen molar-refractivity contribution in [3.05, 3.63) is 61.0 Å². The van der Waals surface area contributed by atoms with Gasteiger partial charge in [-0.3, -0.25) is 0 Å². The molecule has 0 aliphatic heterocycles. The van der Waals surface area contributed by atoms with Crippen LogP contribution < -0.4 is 0 Å². The van der Waals surface area contributed by atoms with Crippen LogP contribution in [-0.4, -0.2) is 4.98 Å². The summed E-state index contributed by atoms with van der Waals surface area (Å²) in [6.07, 6.45) is 14.3. The second-order valence-electron chi connectivity index (χ2n) is 2.83. The third kappa shape index (κ3) is 5.71. The van der Waals surface area contributed by atoms with Crippen LogP contribution >= 0.6 is 0 Å². The average Bonchev–Trinajstić information content (AvgIpc) is 2.79. The molecule has 1 heterocycles. The Morgan fingerprint density at radius 2 is 2.07 bits per heavy atom. The predicted molar refractivity (Wildman–Crippen MR) is 57.4 cm³/mol. The Balaban J connectivity index is 0.000000246. The summed E-state index contributed by atoms with van der Waals surface area (Å²) in [5.74, 6) is 0. The van der Waals surface area contributed by atoms with Gasteiger partial charge in [0.05, 0.1) is 0 Å². The van der Waals surface area contributed by atoms with Crippen LogP contribution in [0.4, 0.5) is 0 Å². The molecule has 2 heteroatoms. The SMILES string of the molecule is C=CCC1=CC=CC1.[Ru].c1cc[nH]c1. The number of hydrogen-bond donors (Lipinski definition) is 1. The van der Waals surface area contributed by atoms with E-state index >= 15 is 0 Å². The minimum Gasteiger partial charge on any atom is -0.368 e. The molecule has 1 aromatic heterocycles. The van der Waals surface area contributed by atoms with Crippen molar-refractivity contribution in [2.75, 3.05) is 0 Å². The van der Waals surface area contributed by atoms with Gasteiger partial charge in [0.2, 0.25) is 0 Å². The van der Waals surface area contributed by atoms with E-state index in [4.69, 9.17) is 0 Å². The Hall–Kier alpha value is -0.877. The maximum absolute atomic E-state index is 3.66. The smallest absolute Gasteiger partial charge is 0.000496 e. The van der Waals surface area contributed by atoms with E-state index in [-0.39, 0.29) is 19.5 Å². The number of allylic oxidation sites excluding steroid dienone is 5. The molecule has 1 aliphatic carbocycles. The van der Waals surface area contributed by atoms with Crippen molar-refractivity contribution in [2.24, 2.45) is 0 Å². The Labute approximate surface area is 98.4 Å². The number of aromatic nitrogens is 1. The van der Waals surface area contributed by atoms with Crippen LogP contribution in [0.25, 0.3) is 0 Å². The van der Waals surface area contributed by atoms with E-state index in [1.165, 1.54) is 5.57 Å². The van der Waals surface area contributed by atoms with Crippen LogP contribution in [-0.2, 0) is 19.5 Å². The van der Waals surface area contributed by atoms with Gasteiger partial charge in [0, 0.05) is 31.9 Å². The summed E-state index contributed by atoms with van der Waals surface area (Å²) >= 11 is 0. The van der Waals surface area contributed by atoms with Gasteiger partial charge in [0.1, 0.15) is 0 Å². The molecule has 1 aromatic rings. The van der Waals surface area contributed by atoms with Gasteiger partial charge >= 0.3 is 0 Å². The molecule has 0 saturated heterocycles. The fourth-order valence-corrected chi connectivity index (χ4v) is 1.11. The standard InChI is InChI=1S/C8H10.C4H5N.Ru/c1-2-5-8-6-3-4-7-8;1-2-4-5-3-1;/h2-4,6H,1,5,7H2;1-5H;. The monoisotopic (exact) mass is 275 g/mol. The van der Waals surface area contributed by atoms with Gasteiger partial charge in [0.25, 0.3) is 0 Å². The molecule has 0 saturated carbocycles. The zero-order valence-corrected chi connectivity index (χ0v) is 9.83. The van der Waals surface area contributed by atoms with Crippen LogP contribution in [0, 0.1) is 0 Å². The summed E-state index contributed by atoms with van der Waals surface area (Å²) in [5.41, 5.74) is 1.47. The maximum atomic E-state index is 3.66. The molecule has 0 aromatic carbocycles. The Kier molecular flexibility index (Phi) is 8.16. The van der Waals surface area contributed by atoms with Gasteiger partial charge in [-0.15, -0.1) is 6.58 Å². The van der Waals surface area contributed by atoms with Crippen molar-refractivity contribution in [1.82, 2.24) is 4.98 Å². The minimum absolute atomic E-state index is 0.